The Labute approximate surface area is 144 Å². The van der Waals surface area contributed by atoms with Crippen LogP contribution in [0.1, 0.15) is 18.4 Å². The highest BCUT2D eigenvalue weighted by atomic mass is 32.2. The van der Waals surface area contributed by atoms with E-state index in [1.807, 2.05) is 11.8 Å². The summed E-state index contributed by atoms with van der Waals surface area (Å²) in [6.45, 7) is 2.47. The van der Waals surface area contributed by atoms with Gasteiger partial charge >= 0.3 is 0 Å². The molecule has 0 bridgehead atoms. The highest BCUT2D eigenvalue weighted by molar-refractivity contribution is 7.99. The molecule has 0 radical (unpaired) electrons. The molecule has 0 spiro atoms. The van der Waals surface area contributed by atoms with E-state index in [4.69, 9.17) is 0 Å². The number of halogens is 2. The molecule has 2 heterocycles. The van der Waals surface area contributed by atoms with Gasteiger partial charge in [-0.3, -0.25) is 9.69 Å². The molecule has 1 N–H and O–H groups in total. The van der Waals surface area contributed by atoms with Crippen LogP contribution < -0.4 is 0 Å². The highest BCUT2D eigenvalue weighted by Crippen LogP contribution is 2.27. The Balaban J connectivity index is 1.70. The van der Waals surface area contributed by atoms with E-state index in [0.29, 0.717) is 25.9 Å². The molecule has 0 aromatic heterocycles. The zero-order chi connectivity index (χ0) is 17.2. The maximum absolute atomic E-state index is 13.9. The van der Waals surface area contributed by atoms with Gasteiger partial charge < -0.3 is 10.0 Å². The minimum Gasteiger partial charge on any atom is -0.379 e. The first-order valence-corrected chi connectivity index (χ1v) is 9.40. The number of aliphatic hydroxyl groups is 1. The number of amides is 1. The summed E-state index contributed by atoms with van der Waals surface area (Å²) < 4.78 is 27.2. The first-order chi connectivity index (χ1) is 11.5. The van der Waals surface area contributed by atoms with Crippen LogP contribution in [0.5, 0.6) is 0 Å². The number of carbonyl (C=O) groups excluding carboxylic acids is 1. The van der Waals surface area contributed by atoms with E-state index in [2.05, 4.69) is 4.90 Å². The Morgan fingerprint density at radius 1 is 1.21 bits per heavy atom. The van der Waals surface area contributed by atoms with Crippen LogP contribution in [0.25, 0.3) is 0 Å². The third kappa shape index (κ3) is 3.73. The molecule has 24 heavy (non-hydrogen) atoms. The SMILES string of the molecule is O=C1N(Cc2cccc(F)c2F)CCC[C@]1(O)CN1CCSCC1. The minimum atomic E-state index is -1.43. The lowest BCUT2D eigenvalue weighted by Gasteiger charge is -2.41. The number of nitrogens with zero attached hydrogens (tertiary/aromatic N) is 2. The molecular formula is C17H22F2N2O2S. The van der Waals surface area contributed by atoms with Gasteiger partial charge in [0.15, 0.2) is 17.2 Å². The topological polar surface area (TPSA) is 43.8 Å². The molecule has 4 nitrogen and oxygen atoms in total. The van der Waals surface area contributed by atoms with Gasteiger partial charge in [-0.05, 0) is 18.9 Å². The number of benzene rings is 1. The summed E-state index contributed by atoms with van der Waals surface area (Å²) in [5.41, 5.74) is -1.29. The summed E-state index contributed by atoms with van der Waals surface area (Å²) in [5, 5.41) is 10.9. The molecule has 2 fully saturated rings. The summed E-state index contributed by atoms with van der Waals surface area (Å²) in [6.07, 6.45) is 1.07. The molecule has 7 heteroatoms. The van der Waals surface area contributed by atoms with Crippen molar-refractivity contribution < 1.29 is 18.7 Å². The Kier molecular flexibility index (Phi) is 5.42. The molecule has 3 rings (SSSR count). The fourth-order valence-corrected chi connectivity index (χ4v) is 4.35. The largest absolute Gasteiger partial charge is 0.379 e. The fraction of sp³-hybridized carbons (Fsp3) is 0.588. The second-order valence-corrected chi connectivity index (χ2v) is 7.69. The van der Waals surface area contributed by atoms with E-state index in [0.717, 1.165) is 30.7 Å². The third-order valence-corrected chi connectivity index (χ3v) is 5.63. The molecule has 2 aliphatic rings. The van der Waals surface area contributed by atoms with Crippen molar-refractivity contribution in [1.82, 2.24) is 9.80 Å². The van der Waals surface area contributed by atoms with Crippen molar-refractivity contribution in [2.75, 3.05) is 37.7 Å². The average Bonchev–Trinajstić information content (AvgIpc) is 2.57. The van der Waals surface area contributed by atoms with E-state index in [1.54, 1.807) is 0 Å². The van der Waals surface area contributed by atoms with Crippen molar-refractivity contribution in [2.24, 2.45) is 0 Å². The molecule has 132 valence electrons. The maximum Gasteiger partial charge on any atom is 0.256 e. The number of β-amino-alcohol motifs (C(OH)–C–C–N with tert-alkyl or cyclic N) is 1. The Bertz CT molecular complexity index is 610. The van der Waals surface area contributed by atoms with Crippen molar-refractivity contribution in [3.63, 3.8) is 0 Å². The molecule has 2 aliphatic heterocycles. The van der Waals surface area contributed by atoms with Crippen LogP contribution >= 0.6 is 11.8 Å². The fourth-order valence-electron chi connectivity index (χ4n) is 3.37. The van der Waals surface area contributed by atoms with Gasteiger partial charge in [0.05, 0.1) is 0 Å². The Morgan fingerprint density at radius 3 is 2.71 bits per heavy atom. The molecule has 1 amide bonds. The molecule has 1 atom stereocenters. The van der Waals surface area contributed by atoms with E-state index in [-0.39, 0.29) is 18.0 Å². The van der Waals surface area contributed by atoms with Gasteiger partial charge in [-0.15, -0.1) is 0 Å². The third-order valence-electron chi connectivity index (χ3n) is 4.69. The number of carbonyl (C=O) groups is 1. The van der Waals surface area contributed by atoms with Crippen LogP contribution in [0.2, 0.25) is 0 Å². The van der Waals surface area contributed by atoms with Crippen molar-refractivity contribution in [2.45, 2.75) is 25.0 Å². The van der Waals surface area contributed by atoms with Gasteiger partial charge in [0.25, 0.3) is 5.91 Å². The van der Waals surface area contributed by atoms with Crippen molar-refractivity contribution in [1.29, 1.82) is 0 Å². The first-order valence-electron chi connectivity index (χ1n) is 8.24. The average molecular weight is 356 g/mol. The lowest BCUT2D eigenvalue weighted by Crippen LogP contribution is -2.59. The van der Waals surface area contributed by atoms with Gasteiger partial charge in [0, 0.05) is 49.8 Å². The van der Waals surface area contributed by atoms with Gasteiger partial charge in [-0.25, -0.2) is 8.78 Å². The van der Waals surface area contributed by atoms with Gasteiger partial charge in [0.1, 0.15) is 0 Å². The van der Waals surface area contributed by atoms with E-state index >= 15 is 0 Å². The van der Waals surface area contributed by atoms with Crippen LogP contribution in [0.15, 0.2) is 18.2 Å². The maximum atomic E-state index is 13.9. The predicted molar refractivity (Wildman–Crippen MR) is 89.7 cm³/mol. The van der Waals surface area contributed by atoms with E-state index in [9.17, 15) is 18.7 Å². The van der Waals surface area contributed by atoms with Crippen molar-refractivity contribution in [3.8, 4) is 0 Å². The van der Waals surface area contributed by atoms with Crippen molar-refractivity contribution in [3.05, 3.63) is 35.4 Å². The van der Waals surface area contributed by atoms with Crippen LogP contribution in [0.4, 0.5) is 8.78 Å². The summed E-state index contributed by atoms with van der Waals surface area (Å²) in [5.74, 6) is -0.216. The lowest BCUT2D eigenvalue weighted by atomic mass is 9.90. The summed E-state index contributed by atoms with van der Waals surface area (Å²) in [6, 6.07) is 3.96. The zero-order valence-corrected chi connectivity index (χ0v) is 14.3. The molecule has 1 aromatic rings. The number of piperidine rings is 1. The molecule has 0 unspecified atom stereocenters. The van der Waals surface area contributed by atoms with Crippen molar-refractivity contribution >= 4 is 17.7 Å². The normalized spacial score (nSPS) is 26.0. The monoisotopic (exact) mass is 356 g/mol. The second kappa shape index (κ2) is 7.37. The van der Waals surface area contributed by atoms with Gasteiger partial charge in [-0.2, -0.15) is 11.8 Å². The number of likely N-dealkylation sites (tertiary alicyclic amines) is 1. The highest BCUT2D eigenvalue weighted by Gasteiger charge is 2.43. The molecule has 1 aromatic carbocycles. The smallest absolute Gasteiger partial charge is 0.256 e. The van der Waals surface area contributed by atoms with Gasteiger partial charge in [-0.1, -0.05) is 12.1 Å². The van der Waals surface area contributed by atoms with E-state index in [1.165, 1.54) is 17.0 Å². The summed E-state index contributed by atoms with van der Waals surface area (Å²) in [7, 11) is 0. The number of hydrogen-bond donors (Lipinski definition) is 1. The van der Waals surface area contributed by atoms with Crippen LogP contribution in [-0.2, 0) is 11.3 Å². The lowest BCUT2D eigenvalue weighted by molar-refractivity contribution is -0.160. The zero-order valence-electron chi connectivity index (χ0n) is 13.5. The summed E-state index contributed by atoms with van der Waals surface area (Å²) >= 11 is 1.87. The minimum absolute atomic E-state index is 0.0133. The standard InChI is InChI=1S/C17H22F2N2O2S/c18-14-4-1-3-13(15(14)19)11-21-6-2-5-17(23,16(21)22)12-20-7-9-24-10-8-20/h1,3-4,23H,2,5-12H2/t17-/m0/s1. The van der Waals surface area contributed by atoms with Gasteiger partial charge in [0.2, 0.25) is 0 Å². The van der Waals surface area contributed by atoms with E-state index < -0.39 is 17.2 Å². The first kappa shape index (κ1) is 17.6. The summed E-state index contributed by atoms with van der Waals surface area (Å²) in [4.78, 5) is 16.3. The van der Waals surface area contributed by atoms with Crippen LogP contribution in [0.3, 0.4) is 0 Å². The Morgan fingerprint density at radius 2 is 1.96 bits per heavy atom. The molecule has 2 saturated heterocycles. The number of thioether (sulfide) groups is 1. The molecule has 0 saturated carbocycles. The molecule has 0 aliphatic carbocycles. The Hall–Kier alpha value is -1.18. The predicted octanol–water partition coefficient (Wildman–Crippen LogP) is 1.87. The number of hydrogen-bond acceptors (Lipinski definition) is 4. The van der Waals surface area contributed by atoms with Crippen LogP contribution in [-0.4, -0.2) is 64.1 Å². The quantitative estimate of drug-likeness (QED) is 0.895. The van der Waals surface area contributed by atoms with Crippen LogP contribution in [0, 0.1) is 11.6 Å². The second-order valence-electron chi connectivity index (χ2n) is 6.46. The number of rotatable bonds is 4. The molecular weight excluding hydrogens is 334 g/mol.